The molecule has 15 heavy (non-hydrogen) atoms. The molecule has 2 aromatic rings. The summed E-state index contributed by atoms with van der Waals surface area (Å²) in [6.45, 7) is 3.96. The Kier molecular flexibility index (Phi) is 2.69. The zero-order valence-corrected chi connectivity index (χ0v) is 9.42. The molecule has 0 N–H and O–H groups in total. The van der Waals surface area contributed by atoms with E-state index in [1.165, 1.54) is 0 Å². The number of hydrogen-bond acceptors (Lipinski definition) is 2. The van der Waals surface area contributed by atoms with Gasteiger partial charge in [-0.1, -0.05) is 17.7 Å². The van der Waals surface area contributed by atoms with Crippen molar-refractivity contribution in [3.63, 3.8) is 0 Å². The molecule has 0 saturated heterocycles. The molecule has 2 rings (SSSR count). The average Bonchev–Trinajstić information content (AvgIpc) is 2.23. The van der Waals surface area contributed by atoms with Gasteiger partial charge in [-0.15, -0.1) is 0 Å². The van der Waals surface area contributed by atoms with Gasteiger partial charge in [-0.25, -0.2) is 0 Å². The molecule has 0 saturated carbocycles. The lowest BCUT2D eigenvalue weighted by atomic mass is 10.1. The molecule has 0 amide bonds. The van der Waals surface area contributed by atoms with Gasteiger partial charge >= 0.3 is 0 Å². The number of halogens is 1. The van der Waals surface area contributed by atoms with Crippen molar-refractivity contribution in [1.29, 1.82) is 0 Å². The maximum absolute atomic E-state index is 6.10. The van der Waals surface area contributed by atoms with Crippen molar-refractivity contribution in [2.24, 2.45) is 0 Å². The molecule has 0 fully saturated rings. The Balaban J connectivity index is 2.64. The monoisotopic (exact) mass is 218 g/mol. The lowest BCUT2D eigenvalue weighted by Crippen LogP contribution is -1.90. The predicted molar refractivity (Wildman–Crippen MR) is 62.0 cm³/mol. The van der Waals surface area contributed by atoms with E-state index in [-0.39, 0.29) is 0 Å². The molecule has 76 valence electrons. The first-order chi connectivity index (χ1) is 7.18. The average molecular weight is 219 g/mol. The van der Waals surface area contributed by atoms with Crippen LogP contribution in [0.15, 0.2) is 30.6 Å². The van der Waals surface area contributed by atoms with E-state index in [1.54, 1.807) is 12.4 Å². The van der Waals surface area contributed by atoms with Gasteiger partial charge in [0, 0.05) is 23.7 Å². The molecule has 0 aromatic carbocycles. The lowest BCUT2D eigenvalue weighted by molar-refractivity contribution is 1.19. The predicted octanol–water partition coefficient (Wildman–Crippen LogP) is 3.41. The summed E-state index contributed by atoms with van der Waals surface area (Å²) in [6.07, 6.45) is 3.44. The van der Waals surface area contributed by atoms with Crippen LogP contribution in [0.4, 0.5) is 0 Å². The third-order valence-corrected chi connectivity index (χ3v) is 2.56. The first kappa shape index (κ1) is 10.1. The summed E-state index contributed by atoms with van der Waals surface area (Å²) in [5.41, 5.74) is 3.93. The molecule has 0 bridgehead atoms. The van der Waals surface area contributed by atoms with E-state index in [4.69, 9.17) is 11.6 Å². The number of nitrogens with zero attached hydrogens (tertiary/aromatic N) is 2. The minimum atomic E-state index is 0.641. The second kappa shape index (κ2) is 3.99. The Morgan fingerprint density at radius 2 is 2.00 bits per heavy atom. The van der Waals surface area contributed by atoms with E-state index in [0.717, 1.165) is 22.5 Å². The van der Waals surface area contributed by atoms with Gasteiger partial charge in [-0.05, 0) is 31.5 Å². The highest BCUT2D eigenvalue weighted by Crippen LogP contribution is 2.28. The highest BCUT2D eigenvalue weighted by Gasteiger charge is 2.07. The van der Waals surface area contributed by atoms with Crippen LogP contribution in [0, 0.1) is 13.8 Å². The molecular formula is C12H11ClN2. The van der Waals surface area contributed by atoms with Crippen molar-refractivity contribution in [3.8, 4) is 11.3 Å². The lowest BCUT2D eigenvalue weighted by Gasteiger charge is -2.06. The molecule has 0 unspecified atom stereocenters. The summed E-state index contributed by atoms with van der Waals surface area (Å²) in [5.74, 6) is 0. The van der Waals surface area contributed by atoms with Gasteiger partial charge in [0.1, 0.15) is 0 Å². The van der Waals surface area contributed by atoms with Crippen molar-refractivity contribution in [2.75, 3.05) is 0 Å². The van der Waals surface area contributed by atoms with Crippen LogP contribution in [0.1, 0.15) is 11.3 Å². The fourth-order valence-corrected chi connectivity index (χ4v) is 1.69. The van der Waals surface area contributed by atoms with E-state index in [2.05, 4.69) is 9.97 Å². The molecule has 0 aliphatic rings. The molecule has 0 radical (unpaired) electrons. The number of aryl methyl sites for hydroxylation is 2. The van der Waals surface area contributed by atoms with Crippen LogP contribution < -0.4 is 0 Å². The van der Waals surface area contributed by atoms with Crippen LogP contribution in [0.2, 0.25) is 5.02 Å². The van der Waals surface area contributed by atoms with Crippen LogP contribution >= 0.6 is 11.6 Å². The maximum Gasteiger partial charge on any atom is 0.0747 e. The van der Waals surface area contributed by atoms with Gasteiger partial charge in [-0.3, -0.25) is 9.97 Å². The second-order valence-electron chi connectivity index (χ2n) is 3.47. The van der Waals surface area contributed by atoms with Gasteiger partial charge < -0.3 is 0 Å². The van der Waals surface area contributed by atoms with Crippen molar-refractivity contribution < 1.29 is 0 Å². The summed E-state index contributed by atoms with van der Waals surface area (Å²) in [4.78, 5) is 8.47. The van der Waals surface area contributed by atoms with Crippen molar-refractivity contribution in [3.05, 3.63) is 46.9 Å². The third kappa shape index (κ3) is 2.00. The Bertz CT molecular complexity index is 495. The Hall–Kier alpha value is -1.41. The zero-order chi connectivity index (χ0) is 10.8. The molecule has 0 atom stereocenters. The van der Waals surface area contributed by atoms with Crippen molar-refractivity contribution >= 4 is 11.6 Å². The number of rotatable bonds is 1. The topological polar surface area (TPSA) is 25.8 Å². The van der Waals surface area contributed by atoms with E-state index in [9.17, 15) is 0 Å². The highest BCUT2D eigenvalue weighted by molar-refractivity contribution is 6.33. The molecule has 2 heterocycles. The smallest absolute Gasteiger partial charge is 0.0747 e. The molecule has 0 spiro atoms. The first-order valence-electron chi connectivity index (χ1n) is 4.72. The summed E-state index contributed by atoms with van der Waals surface area (Å²) < 4.78 is 0. The van der Waals surface area contributed by atoms with E-state index >= 15 is 0 Å². The minimum Gasteiger partial charge on any atom is -0.260 e. The SMILES string of the molecule is Cc1cc(-c2ncccc2C)c(Cl)cn1. The molecule has 3 heteroatoms. The van der Waals surface area contributed by atoms with Gasteiger partial charge in [0.2, 0.25) is 0 Å². The van der Waals surface area contributed by atoms with Gasteiger partial charge in [-0.2, -0.15) is 0 Å². The number of aromatic nitrogens is 2. The largest absolute Gasteiger partial charge is 0.260 e. The van der Waals surface area contributed by atoms with Crippen LogP contribution in [0.25, 0.3) is 11.3 Å². The van der Waals surface area contributed by atoms with Gasteiger partial charge in [0.15, 0.2) is 0 Å². The normalized spacial score (nSPS) is 10.3. The molecule has 2 nitrogen and oxygen atoms in total. The van der Waals surface area contributed by atoms with Crippen LogP contribution in [-0.4, -0.2) is 9.97 Å². The fraction of sp³-hybridized carbons (Fsp3) is 0.167. The van der Waals surface area contributed by atoms with Crippen LogP contribution in [0.5, 0.6) is 0 Å². The molecule has 0 aliphatic carbocycles. The fourth-order valence-electron chi connectivity index (χ4n) is 1.49. The zero-order valence-electron chi connectivity index (χ0n) is 8.66. The molecule has 0 aliphatic heterocycles. The summed E-state index contributed by atoms with van der Waals surface area (Å²) >= 11 is 6.10. The number of hydrogen-bond donors (Lipinski definition) is 0. The van der Waals surface area contributed by atoms with Gasteiger partial charge in [0.05, 0.1) is 10.7 Å². The van der Waals surface area contributed by atoms with E-state index in [1.807, 2.05) is 32.0 Å². The maximum atomic E-state index is 6.10. The van der Waals surface area contributed by atoms with Gasteiger partial charge in [0.25, 0.3) is 0 Å². The summed E-state index contributed by atoms with van der Waals surface area (Å²) in [7, 11) is 0. The molecule has 2 aromatic heterocycles. The Morgan fingerprint density at radius 1 is 1.20 bits per heavy atom. The standard InChI is InChI=1S/C12H11ClN2/c1-8-4-3-5-14-12(8)10-6-9(2)15-7-11(10)13/h3-7H,1-2H3. The Morgan fingerprint density at radius 3 is 2.73 bits per heavy atom. The minimum absolute atomic E-state index is 0.641. The van der Waals surface area contributed by atoms with Crippen LogP contribution in [-0.2, 0) is 0 Å². The third-order valence-electron chi connectivity index (χ3n) is 2.26. The van der Waals surface area contributed by atoms with Crippen molar-refractivity contribution in [1.82, 2.24) is 9.97 Å². The quantitative estimate of drug-likeness (QED) is 0.733. The highest BCUT2D eigenvalue weighted by atomic mass is 35.5. The van der Waals surface area contributed by atoms with Crippen molar-refractivity contribution in [2.45, 2.75) is 13.8 Å². The first-order valence-corrected chi connectivity index (χ1v) is 5.10. The molecular weight excluding hydrogens is 208 g/mol. The number of pyridine rings is 2. The van der Waals surface area contributed by atoms with E-state index < -0.39 is 0 Å². The van der Waals surface area contributed by atoms with E-state index in [0.29, 0.717) is 5.02 Å². The van der Waals surface area contributed by atoms with Crippen LogP contribution in [0.3, 0.4) is 0 Å². The summed E-state index contributed by atoms with van der Waals surface area (Å²) in [6, 6.07) is 5.90. The summed E-state index contributed by atoms with van der Waals surface area (Å²) in [5, 5.41) is 0.641. The Labute approximate surface area is 94.0 Å². The second-order valence-corrected chi connectivity index (χ2v) is 3.88.